The van der Waals surface area contributed by atoms with E-state index in [0.717, 1.165) is 38.4 Å². The monoisotopic (exact) mass is 466 g/mol. The van der Waals surface area contributed by atoms with Crippen LogP contribution in [-0.4, -0.2) is 71.3 Å². The van der Waals surface area contributed by atoms with Crippen molar-refractivity contribution in [1.82, 2.24) is 20.1 Å². The van der Waals surface area contributed by atoms with Crippen molar-refractivity contribution in [2.75, 3.05) is 39.3 Å². The molecule has 188 valence electrons. The number of H-pyrrole nitrogens is 1. The van der Waals surface area contributed by atoms with Crippen LogP contribution in [0.1, 0.15) is 70.2 Å². The number of rotatable bonds is 9. The molecule has 0 spiro atoms. The van der Waals surface area contributed by atoms with Crippen LogP contribution in [-0.2, 0) is 6.42 Å². The molecule has 0 amide bonds. The molecule has 5 nitrogen and oxygen atoms in total. The highest BCUT2D eigenvalue weighted by Gasteiger charge is 2.46. The maximum absolute atomic E-state index is 11.1. The summed E-state index contributed by atoms with van der Waals surface area (Å²) >= 11 is 0. The van der Waals surface area contributed by atoms with Gasteiger partial charge in [-0.3, -0.25) is 4.90 Å². The Hall–Kier alpha value is -1.40. The van der Waals surface area contributed by atoms with E-state index in [1.54, 1.807) is 5.56 Å². The maximum Gasteiger partial charge on any atom is 0.0583 e. The van der Waals surface area contributed by atoms with E-state index in [1.165, 1.54) is 61.9 Å². The molecular weight excluding hydrogens is 420 g/mol. The molecule has 6 atom stereocenters. The molecule has 1 saturated carbocycles. The highest BCUT2D eigenvalue weighted by Crippen LogP contribution is 2.49. The van der Waals surface area contributed by atoms with Crippen LogP contribution in [0.2, 0.25) is 0 Å². The molecule has 1 aromatic heterocycles. The van der Waals surface area contributed by atoms with Crippen LogP contribution in [0, 0.1) is 17.8 Å². The van der Waals surface area contributed by atoms with Crippen molar-refractivity contribution in [2.45, 2.75) is 77.5 Å². The molecule has 2 aliphatic heterocycles. The minimum atomic E-state index is -0.158. The SMILES string of the molecule is CCN(CC)CCCC(C)NCC1C(O)CCC2CN3CCc4c([nH]c5ccccc45)C3CC21. The Bertz CT molecular complexity index is 937. The van der Waals surface area contributed by atoms with Crippen molar-refractivity contribution < 1.29 is 5.11 Å². The van der Waals surface area contributed by atoms with E-state index in [-0.39, 0.29) is 6.10 Å². The van der Waals surface area contributed by atoms with Crippen LogP contribution in [0.3, 0.4) is 0 Å². The van der Waals surface area contributed by atoms with Gasteiger partial charge < -0.3 is 20.3 Å². The quantitative estimate of drug-likeness (QED) is 0.507. The maximum atomic E-state index is 11.1. The van der Waals surface area contributed by atoms with Crippen molar-refractivity contribution >= 4 is 10.9 Å². The molecule has 5 heteroatoms. The van der Waals surface area contributed by atoms with Gasteiger partial charge in [0.15, 0.2) is 0 Å². The number of hydrogen-bond donors (Lipinski definition) is 3. The van der Waals surface area contributed by atoms with E-state index < -0.39 is 0 Å². The van der Waals surface area contributed by atoms with Gasteiger partial charge in [-0.25, -0.2) is 0 Å². The lowest BCUT2D eigenvalue weighted by atomic mass is 9.65. The fourth-order valence-corrected chi connectivity index (χ4v) is 7.34. The molecule has 3 aliphatic rings. The van der Waals surface area contributed by atoms with E-state index in [0.29, 0.717) is 23.9 Å². The van der Waals surface area contributed by atoms with E-state index in [2.05, 4.69) is 65.1 Å². The van der Waals surface area contributed by atoms with E-state index in [4.69, 9.17) is 0 Å². The number of aromatic nitrogens is 1. The molecule has 2 aromatic rings. The first-order valence-corrected chi connectivity index (χ1v) is 14.1. The first-order valence-electron chi connectivity index (χ1n) is 14.1. The number of aromatic amines is 1. The summed E-state index contributed by atoms with van der Waals surface area (Å²) in [6, 6.07) is 9.81. The second kappa shape index (κ2) is 10.7. The summed E-state index contributed by atoms with van der Waals surface area (Å²) in [6.07, 6.45) is 6.80. The Kier molecular flexibility index (Phi) is 7.64. The fourth-order valence-electron chi connectivity index (χ4n) is 7.34. The second-order valence-corrected chi connectivity index (χ2v) is 11.3. The summed E-state index contributed by atoms with van der Waals surface area (Å²) in [6.45, 7) is 13.7. The molecule has 0 radical (unpaired) electrons. The molecule has 2 fully saturated rings. The summed E-state index contributed by atoms with van der Waals surface area (Å²) in [5.41, 5.74) is 4.29. The van der Waals surface area contributed by atoms with Gasteiger partial charge in [-0.2, -0.15) is 0 Å². The zero-order valence-electron chi connectivity index (χ0n) is 21.6. The molecule has 0 bridgehead atoms. The van der Waals surface area contributed by atoms with Crippen molar-refractivity contribution in [3.8, 4) is 0 Å². The highest BCUT2D eigenvalue weighted by atomic mass is 16.3. The number of piperidine rings is 1. The number of benzene rings is 1. The number of aliphatic hydroxyl groups is 1. The van der Waals surface area contributed by atoms with Gasteiger partial charge in [-0.15, -0.1) is 0 Å². The average Bonchev–Trinajstić information content (AvgIpc) is 3.24. The Balaban J connectivity index is 1.24. The molecule has 3 N–H and O–H groups in total. The first-order chi connectivity index (χ1) is 16.6. The largest absolute Gasteiger partial charge is 0.393 e. The predicted octanol–water partition coefficient (Wildman–Crippen LogP) is 4.57. The summed E-state index contributed by atoms with van der Waals surface area (Å²) in [4.78, 5) is 9.06. The number of aliphatic hydroxyl groups excluding tert-OH is 1. The Labute approximate surface area is 206 Å². The number of para-hydroxylation sites is 1. The van der Waals surface area contributed by atoms with Crippen LogP contribution in [0.15, 0.2) is 24.3 Å². The van der Waals surface area contributed by atoms with E-state index in [9.17, 15) is 5.11 Å². The van der Waals surface area contributed by atoms with Gasteiger partial charge in [0.05, 0.1) is 12.1 Å². The molecule has 6 unspecified atom stereocenters. The van der Waals surface area contributed by atoms with Gasteiger partial charge in [0.25, 0.3) is 0 Å². The molecule has 5 rings (SSSR count). The predicted molar refractivity (Wildman–Crippen MR) is 141 cm³/mol. The Morgan fingerprint density at radius 3 is 2.85 bits per heavy atom. The standard InChI is InChI=1S/C29H46N4O/c1-4-32(5-2)15-8-9-20(3)30-18-25-24-17-27-29-23(22-10-6-7-11-26(22)31-29)14-16-33(27)19-21(24)12-13-28(25)34/h6-7,10-11,20-21,24-25,27-28,30-31,34H,4-5,8-9,12-19H2,1-3H3. The zero-order valence-corrected chi connectivity index (χ0v) is 21.6. The molecule has 1 saturated heterocycles. The lowest BCUT2D eigenvalue weighted by Gasteiger charge is -2.52. The fraction of sp³-hybridized carbons (Fsp3) is 0.724. The number of nitrogens with zero attached hydrogens (tertiary/aromatic N) is 2. The summed E-state index contributed by atoms with van der Waals surface area (Å²) < 4.78 is 0. The van der Waals surface area contributed by atoms with Crippen molar-refractivity contribution in [1.29, 1.82) is 0 Å². The third-order valence-corrected chi connectivity index (χ3v) is 9.42. The second-order valence-electron chi connectivity index (χ2n) is 11.3. The van der Waals surface area contributed by atoms with E-state index in [1.807, 2.05) is 0 Å². The normalized spacial score (nSPS) is 30.2. The minimum Gasteiger partial charge on any atom is -0.393 e. The van der Waals surface area contributed by atoms with Crippen LogP contribution >= 0.6 is 0 Å². The summed E-state index contributed by atoms with van der Waals surface area (Å²) in [7, 11) is 0. The van der Waals surface area contributed by atoms with Crippen LogP contribution in [0.25, 0.3) is 10.9 Å². The lowest BCUT2D eigenvalue weighted by molar-refractivity contribution is -0.0556. The number of hydrogen-bond acceptors (Lipinski definition) is 4. The van der Waals surface area contributed by atoms with Crippen molar-refractivity contribution in [3.63, 3.8) is 0 Å². The number of fused-ring (bicyclic) bond motifs is 6. The average molecular weight is 467 g/mol. The molecule has 3 heterocycles. The Morgan fingerprint density at radius 1 is 1.21 bits per heavy atom. The molecular formula is C29H46N4O. The van der Waals surface area contributed by atoms with E-state index >= 15 is 0 Å². The summed E-state index contributed by atoms with van der Waals surface area (Å²) in [5, 5.41) is 16.3. The van der Waals surface area contributed by atoms with Gasteiger partial charge in [0.1, 0.15) is 0 Å². The lowest BCUT2D eigenvalue weighted by Crippen LogP contribution is -2.53. The zero-order chi connectivity index (χ0) is 23.7. The van der Waals surface area contributed by atoms with Crippen LogP contribution in [0.4, 0.5) is 0 Å². The van der Waals surface area contributed by atoms with Crippen LogP contribution in [0.5, 0.6) is 0 Å². The van der Waals surface area contributed by atoms with Crippen molar-refractivity contribution in [2.24, 2.45) is 17.8 Å². The minimum absolute atomic E-state index is 0.158. The van der Waals surface area contributed by atoms with Gasteiger partial charge in [-0.05, 0) is 88.5 Å². The smallest absolute Gasteiger partial charge is 0.0583 e. The van der Waals surface area contributed by atoms with Gasteiger partial charge >= 0.3 is 0 Å². The van der Waals surface area contributed by atoms with Gasteiger partial charge in [0.2, 0.25) is 0 Å². The highest BCUT2D eigenvalue weighted by molar-refractivity contribution is 5.85. The molecule has 1 aromatic carbocycles. The van der Waals surface area contributed by atoms with Crippen molar-refractivity contribution in [3.05, 3.63) is 35.5 Å². The third kappa shape index (κ3) is 4.82. The Morgan fingerprint density at radius 2 is 2.03 bits per heavy atom. The topological polar surface area (TPSA) is 54.5 Å². The van der Waals surface area contributed by atoms with Gasteiger partial charge in [0, 0.05) is 48.2 Å². The molecule has 34 heavy (non-hydrogen) atoms. The third-order valence-electron chi connectivity index (χ3n) is 9.42. The first kappa shape index (κ1) is 24.3. The number of nitrogens with one attached hydrogen (secondary N) is 2. The van der Waals surface area contributed by atoms with Gasteiger partial charge in [-0.1, -0.05) is 32.0 Å². The summed E-state index contributed by atoms with van der Waals surface area (Å²) in [5.74, 6) is 1.72. The molecule has 1 aliphatic carbocycles. The van der Waals surface area contributed by atoms with Crippen LogP contribution < -0.4 is 5.32 Å².